The first-order valence-electron chi connectivity index (χ1n) is 10.5. The number of rotatable bonds is 8. The van der Waals surface area contributed by atoms with E-state index in [1.54, 1.807) is 19.2 Å². The summed E-state index contributed by atoms with van der Waals surface area (Å²) < 4.78 is 23.1. The molecule has 0 radical (unpaired) electrons. The maximum atomic E-state index is 12.9. The van der Waals surface area contributed by atoms with Gasteiger partial charge in [0.1, 0.15) is 0 Å². The van der Waals surface area contributed by atoms with Crippen molar-refractivity contribution < 1.29 is 28.5 Å². The topological polar surface area (TPSA) is 83.1 Å². The van der Waals surface area contributed by atoms with Crippen molar-refractivity contribution in [3.05, 3.63) is 41.5 Å². The molecule has 0 saturated heterocycles. The fourth-order valence-electron chi connectivity index (χ4n) is 3.75. The summed E-state index contributed by atoms with van der Waals surface area (Å²) in [6.07, 6.45) is 1.67. The van der Waals surface area contributed by atoms with Crippen molar-refractivity contribution in [3.63, 3.8) is 0 Å². The smallest absolute Gasteiger partial charge is 0.350 e. The third-order valence-corrected chi connectivity index (χ3v) is 5.89. The standard InChI is InChI=1S/C24H27NO6/c1-5-14(2)30-23(27)24(11-12-24)31-20-16(9-10-19(28-3)21(20)29-4)15-7-6-8-17-18(15)13-25-22(17)26/h6-10,14H,5,11-13H2,1-4H3,(H,25,26). The van der Waals surface area contributed by atoms with Crippen LogP contribution in [0.25, 0.3) is 11.1 Å². The number of carbonyl (C=O) groups excluding carboxylic acids is 2. The summed E-state index contributed by atoms with van der Waals surface area (Å²) in [7, 11) is 3.08. The van der Waals surface area contributed by atoms with E-state index in [9.17, 15) is 9.59 Å². The Kier molecular flexibility index (Phi) is 5.52. The van der Waals surface area contributed by atoms with E-state index in [-0.39, 0.29) is 18.0 Å². The molecule has 1 unspecified atom stereocenters. The summed E-state index contributed by atoms with van der Waals surface area (Å²) in [6.45, 7) is 4.26. The first-order chi connectivity index (χ1) is 14.9. The Morgan fingerprint density at radius 3 is 2.45 bits per heavy atom. The zero-order chi connectivity index (χ0) is 22.2. The van der Waals surface area contributed by atoms with Crippen LogP contribution in [0.4, 0.5) is 0 Å². The minimum Gasteiger partial charge on any atom is -0.493 e. The molecule has 7 nitrogen and oxygen atoms in total. The van der Waals surface area contributed by atoms with Gasteiger partial charge in [-0.25, -0.2) is 4.79 Å². The predicted molar refractivity (Wildman–Crippen MR) is 115 cm³/mol. The van der Waals surface area contributed by atoms with E-state index < -0.39 is 5.60 Å². The molecule has 1 aliphatic heterocycles. The summed E-state index contributed by atoms with van der Waals surface area (Å²) in [5, 5.41) is 2.86. The average molecular weight is 425 g/mol. The Balaban J connectivity index is 1.81. The molecule has 164 valence electrons. The van der Waals surface area contributed by atoms with E-state index in [0.717, 1.165) is 23.1 Å². The van der Waals surface area contributed by atoms with Crippen LogP contribution in [0.2, 0.25) is 0 Å². The molecule has 2 aliphatic rings. The van der Waals surface area contributed by atoms with Crippen LogP contribution in [0.3, 0.4) is 0 Å². The third-order valence-electron chi connectivity index (χ3n) is 5.89. The lowest BCUT2D eigenvalue weighted by Crippen LogP contribution is -2.34. The Labute approximate surface area is 181 Å². The predicted octanol–water partition coefficient (Wildman–Crippen LogP) is 3.87. The van der Waals surface area contributed by atoms with E-state index >= 15 is 0 Å². The Morgan fingerprint density at radius 1 is 1.06 bits per heavy atom. The quantitative estimate of drug-likeness (QED) is 0.647. The Morgan fingerprint density at radius 2 is 1.81 bits per heavy atom. The molecule has 2 aromatic carbocycles. The van der Waals surface area contributed by atoms with Gasteiger partial charge < -0.3 is 24.3 Å². The number of esters is 1. The molecule has 1 fully saturated rings. The van der Waals surface area contributed by atoms with Crippen molar-refractivity contribution in [2.24, 2.45) is 0 Å². The fraction of sp³-hybridized carbons (Fsp3) is 0.417. The number of ether oxygens (including phenoxy) is 4. The van der Waals surface area contributed by atoms with Crippen molar-refractivity contribution in [2.75, 3.05) is 14.2 Å². The number of hydrogen-bond donors (Lipinski definition) is 1. The maximum Gasteiger partial charge on any atom is 0.350 e. The van der Waals surface area contributed by atoms with Gasteiger partial charge in [-0.3, -0.25) is 4.79 Å². The zero-order valence-corrected chi connectivity index (χ0v) is 18.2. The number of carbonyl (C=O) groups is 2. The van der Waals surface area contributed by atoms with Crippen LogP contribution < -0.4 is 19.5 Å². The van der Waals surface area contributed by atoms with Crippen LogP contribution in [-0.4, -0.2) is 37.8 Å². The average Bonchev–Trinajstić information content (AvgIpc) is 3.48. The third kappa shape index (κ3) is 3.69. The van der Waals surface area contributed by atoms with Crippen LogP contribution in [0.15, 0.2) is 30.3 Å². The summed E-state index contributed by atoms with van der Waals surface area (Å²) in [5.74, 6) is 0.836. The van der Waals surface area contributed by atoms with Gasteiger partial charge in [-0.15, -0.1) is 0 Å². The normalized spacial score (nSPS) is 16.7. The number of methoxy groups -OCH3 is 2. The van der Waals surface area contributed by atoms with Crippen molar-refractivity contribution in [1.29, 1.82) is 0 Å². The lowest BCUT2D eigenvalue weighted by atomic mass is 9.95. The van der Waals surface area contributed by atoms with Crippen molar-refractivity contribution in [3.8, 4) is 28.4 Å². The molecule has 0 spiro atoms. The first kappa shape index (κ1) is 21.0. The highest BCUT2D eigenvalue weighted by atomic mass is 16.6. The van der Waals surface area contributed by atoms with E-state index in [1.165, 1.54) is 7.11 Å². The molecule has 0 bridgehead atoms. The molecular formula is C24H27NO6. The highest BCUT2D eigenvalue weighted by Crippen LogP contribution is 2.51. The number of hydrogen-bond acceptors (Lipinski definition) is 6. The zero-order valence-electron chi connectivity index (χ0n) is 18.2. The van der Waals surface area contributed by atoms with Gasteiger partial charge in [0.25, 0.3) is 5.91 Å². The van der Waals surface area contributed by atoms with Crippen LogP contribution >= 0.6 is 0 Å². The van der Waals surface area contributed by atoms with E-state index in [2.05, 4.69) is 5.32 Å². The van der Waals surface area contributed by atoms with Crippen LogP contribution in [0.5, 0.6) is 17.2 Å². The molecule has 1 heterocycles. The lowest BCUT2D eigenvalue weighted by Gasteiger charge is -2.24. The molecule has 2 aromatic rings. The van der Waals surface area contributed by atoms with Gasteiger partial charge in [-0.2, -0.15) is 0 Å². The molecule has 1 N–H and O–H groups in total. The van der Waals surface area contributed by atoms with Crippen molar-refractivity contribution in [1.82, 2.24) is 5.32 Å². The molecule has 31 heavy (non-hydrogen) atoms. The van der Waals surface area contributed by atoms with Crippen LogP contribution in [-0.2, 0) is 16.1 Å². The summed E-state index contributed by atoms with van der Waals surface area (Å²) in [6, 6.07) is 9.23. The first-order valence-corrected chi connectivity index (χ1v) is 10.5. The minimum absolute atomic E-state index is 0.101. The number of fused-ring (bicyclic) bond motifs is 1. The SMILES string of the molecule is CCC(C)OC(=O)C1(Oc2c(-c3cccc4c3CNC4=O)ccc(OC)c2OC)CC1. The van der Waals surface area contributed by atoms with E-state index in [0.29, 0.717) is 42.2 Å². The van der Waals surface area contributed by atoms with Gasteiger partial charge in [0.2, 0.25) is 11.4 Å². The molecule has 0 aromatic heterocycles. The molecule has 1 aliphatic carbocycles. The van der Waals surface area contributed by atoms with Gasteiger partial charge in [0.15, 0.2) is 11.5 Å². The summed E-state index contributed by atoms with van der Waals surface area (Å²) >= 11 is 0. The molecule has 1 saturated carbocycles. The van der Waals surface area contributed by atoms with Gasteiger partial charge >= 0.3 is 5.97 Å². The largest absolute Gasteiger partial charge is 0.493 e. The highest BCUT2D eigenvalue weighted by molar-refractivity contribution is 6.01. The summed E-state index contributed by atoms with van der Waals surface area (Å²) in [4.78, 5) is 25.0. The van der Waals surface area contributed by atoms with Crippen LogP contribution in [0, 0.1) is 0 Å². The lowest BCUT2D eigenvalue weighted by molar-refractivity contribution is -0.159. The molecule has 1 atom stereocenters. The van der Waals surface area contributed by atoms with Gasteiger partial charge in [0.05, 0.1) is 20.3 Å². The van der Waals surface area contributed by atoms with Gasteiger partial charge in [-0.05, 0) is 42.7 Å². The Hall–Kier alpha value is -3.22. The fourth-order valence-corrected chi connectivity index (χ4v) is 3.75. The number of benzene rings is 2. The van der Waals surface area contributed by atoms with Crippen molar-refractivity contribution >= 4 is 11.9 Å². The minimum atomic E-state index is -1.04. The summed E-state index contributed by atoms with van der Waals surface area (Å²) in [5.41, 5.74) is 2.06. The monoisotopic (exact) mass is 425 g/mol. The van der Waals surface area contributed by atoms with Gasteiger partial charge in [0, 0.05) is 30.5 Å². The van der Waals surface area contributed by atoms with E-state index in [4.69, 9.17) is 18.9 Å². The molecule has 4 rings (SSSR count). The van der Waals surface area contributed by atoms with E-state index in [1.807, 2.05) is 32.0 Å². The molecular weight excluding hydrogens is 398 g/mol. The number of nitrogens with one attached hydrogen (secondary N) is 1. The second kappa shape index (κ2) is 8.13. The second-order valence-corrected chi connectivity index (χ2v) is 7.91. The highest BCUT2D eigenvalue weighted by Gasteiger charge is 2.55. The second-order valence-electron chi connectivity index (χ2n) is 7.91. The number of amides is 1. The van der Waals surface area contributed by atoms with Gasteiger partial charge in [-0.1, -0.05) is 19.1 Å². The van der Waals surface area contributed by atoms with Crippen LogP contribution in [0.1, 0.15) is 49.0 Å². The molecule has 7 heteroatoms. The Bertz CT molecular complexity index is 1030. The van der Waals surface area contributed by atoms with Crippen molar-refractivity contribution in [2.45, 2.75) is 51.4 Å². The molecule has 1 amide bonds. The maximum absolute atomic E-state index is 12.9.